The van der Waals surface area contributed by atoms with E-state index in [1.54, 1.807) is 13.0 Å². The molecule has 8 heteroatoms. The lowest BCUT2D eigenvalue weighted by atomic mass is 10.3. The summed E-state index contributed by atoms with van der Waals surface area (Å²) >= 11 is 12.0. The van der Waals surface area contributed by atoms with Gasteiger partial charge in [-0.15, -0.1) is 0 Å². The minimum atomic E-state index is -3.37. The maximum absolute atomic E-state index is 11.9. The molecule has 0 heterocycles. The quantitative estimate of drug-likeness (QED) is 0.556. The van der Waals surface area contributed by atoms with Crippen molar-refractivity contribution in [1.82, 2.24) is 0 Å². The molecule has 0 radical (unpaired) electrons. The molecule has 0 fully saturated rings. The average molecular weight is 389 g/mol. The zero-order chi connectivity index (χ0) is 17.9. The number of halogens is 2. The summed E-state index contributed by atoms with van der Waals surface area (Å²) in [6, 6.07) is 8.64. The Bertz CT molecular complexity index is 878. The monoisotopic (exact) mass is 388 g/mol. The first kappa shape index (κ1) is 18.6. The number of sulfone groups is 1. The highest BCUT2D eigenvalue weighted by atomic mass is 35.5. The first-order chi connectivity index (χ1) is 11.2. The largest absolute Gasteiger partial charge is 0.452 e. The van der Waals surface area contributed by atoms with Crippen LogP contribution in [0.1, 0.15) is 13.8 Å². The molecular weight excluding hydrogens is 375 g/mol. The Morgan fingerprint density at radius 3 is 2.29 bits per heavy atom. The van der Waals surface area contributed by atoms with Crippen LogP contribution in [-0.4, -0.2) is 20.1 Å². The topological polar surface area (TPSA) is 69.7 Å². The van der Waals surface area contributed by atoms with Gasteiger partial charge in [0.25, 0.3) is 0 Å². The predicted octanol–water partition coefficient (Wildman–Crippen LogP) is 4.50. The van der Waals surface area contributed by atoms with Crippen molar-refractivity contribution >= 4 is 39.0 Å². The van der Waals surface area contributed by atoms with E-state index < -0.39 is 15.8 Å². The van der Waals surface area contributed by atoms with Crippen molar-refractivity contribution in [1.29, 1.82) is 0 Å². The number of carbonyl (C=O) groups is 1. The first-order valence-corrected chi connectivity index (χ1v) is 9.32. The van der Waals surface area contributed by atoms with Crippen molar-refractivity contribution in [3.63, 3.8) is 0 Å². The Morgan fingerprint density at radius 1 is 1.04 bits per heavy atom. The highest BCUT2D eigenvalue weighted by Gasteiger charge is 2.16. The molecule has 0 N–H and O–H groups in total. The van der Waals surface area contributed by atoms with Crippen molar-refractivity contribution in [2.45, 2.75) is 18.7 Å². The van der Waals surface area contributed by atoms with Crippen LogP contribution in [0.5, 0.6) is 17.2 Å². The van der Waals surface area contributed by atoms with Crippen LogP contribution in [0.25, 0.3) is 0 Å². The van der Waals surface area contributed by atoms with E-state index in [2.05, 4.69) is 0 Å². The molecule has 0 aliphatic carbocycles. The molecule has 0 aliphatic heterocycles. The molecule has 0 saturated carbocycles. The average Bonchev–Trinajstić information content (AvgIpc) is 2.51. The van der Waals surface area contributed by atoms with Gasteiger partial charge in [-0.25, -0.2) is 8.42 Å². The van der Waals surface area contributed by atoms with Crippen LogP contribution in [0.3, 0.4) is 0 Å². The second kappa shape index (κ2) is 7.42. The lowest BCUT2D eigenvalue weighted by Gasteiger charge is -2.13. The van der Waals surface area contributed by atoms with Gasteiger partial charge in [-0.1, -0.05) is 30.1 Å². The summed E-state index contributed by atoms with van der Waals surface area (Å²) in [6.45, 7) is 2.81. The molecule has 2 aromatic carbocycles. The van der Waals surface area contributed by atoms with Gasteiger partial charge in [0.2, 0.25) is 0 Å². The summed E-state index contributed by atoms with van der Waals surface area (Å²) in [5, 5.41) is 0.487. The number of hydrogen-bond acceptors (Lipinski definition) is 5. The van der Waals surface area contributed by atoms with Crippen LogP contribution in [0, 0.1) is 0 Å². The summed E-state index contributed by atoms with van der Waals surface area (Å²) in [6.07, 6.45) is 0. The van der Waals surface area contributed by atoms with E-state index in [9.17, 15) is 13.2 Å². The number of hydrogen-bond donors (Lipinski definition) is 0. The minimum absolute atomic E-state index is 0.0333. The molecule has 2 aromatic rings. The van der Waals surface area contributed by atoms with Crippen LogP contribution in [0.15, 0.2) is 41.3 Å². The summed E-state index contributed by atoms with van der Waals surface area (Å²) in [5.41, 5.74) is 0. The minimum Gasteiger partial charge on any atom is -0.452 e. The fourth-order valence-corrected chi connectivity index (χ4v) is 3.20. The van der Waals surface area contributed by atoms with Crippen molar-refractivity contribution in [3.05, 3.63) is 46.4 Å². The Balaban J connectivity index is 2.38. The molecule has 0 bridgehead atoms. The van der Waals surface area contributed by atoms with Gasteiger partial charge in [0, 0.05) is 18.0 Å². The lowest BCUT2D eigenvalue weighted by Crippen LogP contribution is -2.04. The normalized spacial score (nSPS) is 11.2. The summed E-state index contributed by atoms with van der Waals surface area (Å²) in [7, 11) is -3.37. The molecule has 0 aromatic heterocycles. The first-order valence-electron chi connectivity index (χ1n) is 6.91. The highest BCUT2D eigenvalue weighted by Crippen LogP contribution is 2.37. The molecular formula is C16H14Cl2O5S. The lowest BCUT2D eigenvalue weighted by molar-refractivity contribution is -0.132. The van der Waals surface area contributed by atoms with Gasteiger partial charge in [0.05, 0.1) is 15.7 Å². The summed E-state index contributed by atoms with van der Waals surface area (Å²) in [5.74, 6) is 0.0213. The van der Waals surface area contributed by atoms with Crippen molar-refractivity contribution in [2.24, 2.45) is 0 Å². The fraction of sp³-hybridized carbons (Fsp3) is 0.188. The summed E-state index contributed by atoms with van der Waals surface area (Å²) < 4.78 is 34.4. The van der Waals surface area contributed by atoms with Gasteiger partial charge in [0.1, 0.15) is 5.75 Å². The standard InChI is InChI=1S/C16H14Cl2O5S/c1-3-24(20,21)12-5-7-14(13(18)9-12)23-16-8-11(17)4-6-15(16)22-10(2)19/h4-9H,3H2,1-2H3. The third kappa shape index (κ3) is 4.41. The Morgan fingerprint density at radius 2 is 1.71 bits per heavy atom. The fourth-order valence-electron chi connectivity index (χ4n) is 1.84. The maximum atomic E-state index is 11.9. The Kier molecular flexibility index (Phi) is 5.74. The molecule has 2 rings (SSSR count). The SMILES string of the molecule is CCS(=O)(=O)c1ccc(Oc2cc(Cl)ccc2OC(C)=O)c(Cl)c1. The third-order valence-corrected chi connectivity index (χ3v) is 5.28. The molecule has 0 amide bonds. The third-order valence-electron chi connectivity index (χ3n) is 3.02. The van der Waals surface area contributed by atoms with Crippen LogP contribution in [-0.2, 0) is 14.6 Å². The zero-order valence-electron chi connectivity index (χ0n) is 12.9. The molecule has 128 valence electrons. The van der Waals surface area contributed by atoms with E-state index >= 15 is 0 Å². The second-order valence-corrected chi connectivity index (χ2v) is 7.90. The Hall–Kier alpha value is -1.76. The van der Waals surface area contributed by atoms with Gasteiger partial charge in [-0.2, -0.15) is 0 Å². The summed E-state index contributed by atoms with van der Waals surface area (Å²) in [4.78, 5) is 11.3. The zero-order valence-corrected chi connectivity index (χ0v) is 15.2. The molecule has 0 spiro atoms. The highest BCUT2D eigenvalue weighted by molar-refractivity contribution is 7.91. The maximum Gasteiger partial charge on any atom is 0.308 e. The van der Waals surface area contributed by atoms with E-state index in [0.29, 0.717) is 5.02 Å². The number of esters is 1. The Labute approximate surface area is 150 Å². The smallest absolute Gasteiger partial charge is 0.308 e. The van der Waals surface area contributed by atoms with Gasteiger partial charge < -0.3 is 9.47 Å². The number of carbonyl (C=O) groups excluding carboxylic acids is 1. The molecule has 0 aliphatic rings. The molecule has 5 nitrogen and oxygen atoms in total. The van der Waals surface area contributed by atoms with Crippen LogP contribution < -0.4 is 9.47 Å². The second-order valence-electron chi connectivity index (χ2n) is 4.78. The number of rotatable bonds is 5. The van der Waals surface area contributed by atoms with Crippen molar-refractivity contribution < 1.29 is 22.7 Å². The molecule has 0 unspecified atom stereocenters. The van der Waals surface area contributed by atoms with E-state index in [1.807, 2.05) is 0 Å². The van der Waals surface area contributed by atoms with Gasteiger partial charge in [-0.3, -0.25) is 4.79 Å². The number of ether oxygens (including phenoxy) is 2. The van der Waals surface area contributed by atoms with Crippen LogP contribution in [0.2, 0.25) is 10.0 Å². The van der Waals surface area contributed by atoms with Gasteiger partial charge in [0.15, 0.2) is 21.3 Å². The van der Waals surface area contributed by atoms with Gasteiger partial charge in [-0.05, 0) is 30.3 Å². The van der Waals surface area contributed by atoms with E-state index in [4.69, 9.17) is 32.7 Å². The number of benzene rings is 2. The van der Waals surface area contributed by atoms with E-state index in [1.165, 1.54) is 37.3 Å². The van der Waals surface area contributed by atoms with E-state index in [-0.39, 0.29) is 32.9 Å². The molecule has 0 saturated heterocycles. The van der Waals surface area contributed by atoms with Crippen LogP contribution >= 0.6 is 23.2 Å². The molecule has 0 atom stereocenters. The van der Waals surface area contributed by atoms with Crippen molar-refractivity contribution in [3.8, 4) is 17.2 Å². The van der Waals surface area contributed by atoms with Crippen LogP contribution in [0.4, 0.5) is 0 Å². The predicted molar refractivity (Wildman–Crippen MR) is 92.0 cm³/mol. The van der Waals surface area contributed by atoms with E-state index in [0.717, 1.165) is 0 Å². The van der Waals surface area contributed by atoms with Gasteiger partial charge >= 0.3 is 5.97 Å². The van der Waals surface area contributed by atoms with Crippen molar-refractivity contribution in [2.75, 3.05) is 5.75 Å². The molecule has 24 heavy (non-hydrogen) atoms.